The molecule has 1 rings (SSSR count). The molecule has 94 valence electrons. The SMILES string of the molecule is CCOC(C)CNC(=O)c1cc(Br)cc(Br)c1. The number of benzene rings is 1. The largest absolute Gasteiger partial charge is 0.377 e. The van der Waals surface area contributed by atoms with E-state index < -0.39 is 0 Å². The van der Waals surface area contributed by atoms with Gasteiger partial charge in [-0.15, -0.1) is 0 Å². The molecule has 0 aliphatic carbocycles. The first-order chi connectivity index (χ1) is 8.02. The van der Waals surface area contributed by atoms with Crippen LogP contribution in [0.25, 0.3) is 0 Å². The van der Waals surface area contributed by atoms with Gasteiger partial charge in [-0.3, -0.25) is 4.79 Å². The molecular formula is C12H15Br2NO2. The summed E-state index contributed by atoms with van der Waals surface area (Å²) >= 11 is 6.70. The van der Waals surface area contributed by atoms with Gasteiger partial charge in [-0.05, 0) is 32.0 Å². The van der Waals surface area contributed by atoms with E-state index in [0.717, 1.165) is 8.95 Å². The molecule has 0 saturated carbocycles. The molecule has 17 heavy (non-hydrogen) atoms. The molecule has 0 bridgehead atoms. The summed E-state index contributed by atoms with van der Waals surface area (Å²) in [4.78, 5) is 11.8. The zero-order valence-corrected chi connectivity index (χ0v) is 13.0. The third kappa shape index (κ3) is 5.19. The standard InChI is InChI=1S/C12H15Br2NO2/c1-3-17-8(2)7-15-12(16)9-4-10(13)6-11(14)5-9/h4-6,8H,3,7H2,1-2H3,(H,15,16). The fraction of sp³-hybridized carbons (Fsp3) is 0.417. The lowest BCUT2D eigenvalue weighted by molar-refractivity contribution is 0.0695. The second kappa shape index (κ2) is 7.13. The second-order valence-corrected chi connectivity index (χ2v) is 5.47. The number of halogens is 2. The van der Waals surface area contributed by atoms with Crippen molar-refractivity contribution in [1.82, 2.24) is 5.32 Å². The number of amides is 1. The van der Waals surface area contributed by atoms with Crippen LogP contribution in [0, 0.1) is 0 Å². The van der Waals surface area contributed by atoms with Crippen molar-refractivity contribution in [2.24, 2.45) is 0 Å². The Hall–Kier alpha value is -0.390. The molecule has 0 aliphatic heterocycles. The Morgan fingerprint density at radius 1 is 1.35 bits per heavy atom. The molecule has 1 N–H and O–H groups in total. The number of rotatable bonds is 5. The Morgan fingerprint density at radius 2 is 1.94 bits per heavy atom. The summed E-state index contributed by atoms with van der Waals surface area (Å²) < 4.78 is 7.08. The molecular weight excluding hydrogens is 350 g/mol. The van der Waals surface area contributed by atoms with Gasteiger partial charge < -0.3 is 10.1 Å². The molecule has 0 spiro atoms. The van der Waals surface area contributed by atoms with Crippen molar-refractivity contribution in [1.29, 1.82) is 0 Å². The highest BCUT2D eigenvalue weighted by Gasteiger charge is 2.09. The average Bonchev–Trinajstić information content (AvgIpc) is 2.25. The van der Waals surface area contributed by atoms with Crippen LogP contribution in [0.4, 0.5) is 0 Å². The first kappa shape index (κ1) is 14.7. The van der Waals surface area contributed by atoms with Gasteiger partial charge in [-0.25, -0.2) is 0 Å². The number of hydrogen-bond donors (Lipinski definition) is 1. The Bertz CT molecular complexity index is 376. The van der Waals surface area contributed by atoms with Gasteiger partial charge in [-0.2, -0.15) is 0 Å². The van der Waals surface area contributed by atoms with E-state index in [0.29, 0.717) is 18.7 Å². The van der Waals surface area contributed by atoms with Crippen LogP contribution in [0.3, 0.4) is 0 Å². The highest BCUT2D eigenvalue weighted by Crippen LogP contribution is 2.19. The molecule has 0 aromatic heterocycles. The molecule has 1 aromatic carbocycles. The minimum Gasteiger partial charge on any atom is -0.377 e. The predicted molar refractivity (Wildman–Crippen MR) is 75.3 cm³/mol. The van der Waals surface area contributed by atoms with Crippen molar-refractivity contribution in [3.8, 4) is 0 Å². The topological polar surface area (TPSA) is 38.3 Å². The summed E-state index contributed by atoms with van der Waals surface area (Å²) in [7, 11) is 0. The van der Waals surface area contributed by atoms with Crippen LogP contribution in [0.2, 0.25) is 0 Å². The van der Waals surface area contributed by atoms with E-state index in [9.17, 15) is 4.79 Å². The van der Waals surface area contributed by atoms with Crippen molar-refractivity contribution < 1.29 is 9.53 Å². The van der Waals surface area contributed by atoms with E-state index in [2.05, 4.69) is 37.2 Å². The summed E-state index contributed by atoms with van der Waals surface area (Å²) in [5.41, 5.74) is 0.620. The minimum absolute atomic E-state index is 0.0274. The lowest BCUT2D eigenvalue weighted by Crippen LogP contribution is -2.32. The molecule has 0 aliphatic rings. The first-order valence-electron chi connectivity index (χ1n) is 5.38. The third-order valence-corrected chi connectivity index (χ3v) is 3.04. The van der Waals surface area contributed by atoms with Gasteiger partial charge in [-0.1, -0.05) is 31.9 Å². The zero-order valence-electron chi connectivity index (χ0n) is 9.80. The maximum Gasteiger partial charge on any atom is 0.251 e. The molecule has 0 radical (unpaired) electrons. The van der Waals surface area contributed by atoms with Crippen molar-refractivity contribution >= 4 is 37.8 Å². The van der Waals surface area contributed by atoms with Crippen LogP contribution in [-0.2, 0) is 4.74 Å². The van der Waals surface area contributed by atoms with Crippen LogP contribution in [0.15, 0.2) is 27.1 Å². The van der Waals surface area contributed by atoms with E-state index in [1.165, 1.54) is 0 Å². The molecule has 0 saturated heterocycles. The minimum atomic E-state index is -0.0986. The molecule has 0 fully saturated rings. The first-order valence-corrected chi connectivity index (χ1v) is 6.97. The molecule has 1 amide bonds. The number of hydrogen-bond acceptors (Lipinski definition) is 2. The highest BCUT2D eigenvalue weighted by atomic mass is 79.9. The van der Waals surface area contributed by atoms with E-state index in [1.54, 1.807) is 12.1 Å². The van der Waals surface area contributed by atoms with Crippen LogP contribution < -0.4 is 5.32 Å². The predicted octanol–water partition coefficient (Wildman–Crippen LogP) is 3.37. The maximum absolute atomic E-state index is 11.8. The third-order valence-electron chi connectivity index (χ3n) is 2.13. The van der Waals surface area contributed by atoms with Gasteiger partial charge in [0.2, 0.25) is 0 Å². The fourth-order valence-corrected chi connectivity index (χ4v) is 2.66. The van der Waals surface area contributed by atoms with Gasteiger partial charge >= 0.3 is 0 Å². The summed E-state index contributed by atoms with van der Waals surface area (Å²) in [5.74, 6) is -0.0986. The number of carbonyl (C=O) groups excluding carboxylic acids is 1. The van der Waals surface area contributed by atoms with Gasteiger partial charge in [0.05, 0.1) is 6.10 Å². The van der Waals surface area contributed by atoms with Gasteiger partial charge in [0.1, 0.15) is 0 Å². The van der Waals surface area contributed by atoms with Gasteiger partial charge in [0, 0.05) is 27.7 Å². The van der Waals surface area contributed by atoms with Gasteiger partial charge in [0.15, 0.2) is 0 Å². The summed E-state index contributed by atoms with van der Waals surface area (Å²) in [5, 5.41) is 2.83. The van der Waals surface area contributed by atoms with Crippen molar-refractivity contribution in [2.45, 2.75) is 20.0 Å². The Balaban J connectivity index is 2.58. The molecule has 5 heteroatoms. The molecule has 0 heterocycles. The number of nitrogens with one attached hydrogen (secondary N) is 1. The van der Waals surface area contributed by atoms with Gasteiger partial charge in [0.25, 0.3) is 5.91 Å². The van der Waals surface area contributed by atoms with Crippen LogP contribution >= 0.6 is 31.9 Å². The molecule has 1 unspecified atom stereocenters. The van der Waals surface area contributed by atoms with Crippen molar-refractivity contribution in [3.05, 3.63) is 32.7 Å². The molecule has 1 aromatic rings. The lowest BCUT2D eigenvalue weighted by atomic mass is 10.2. The summed E-state index contributed by atoms with van der Waals surface area (Å²) in [6, 6.07) is 5.45. The lowest BCUT2D eigenvalue weighted by Gasteiger charge is -2.12. The Morgan fingerprint density at radius 3 is 2.47 bits per heavy atom. The van der Waals surface area contributed by atoms with E-state index >= 15 is 0 Å². The Kier molecular flexibility index (Phi) is 6.16. The fourth-order valence-electron chi connectivity index (χ4n) is 1.37. The van der Waals surface area contributed by atoms with E-state index in [-0.39, 0.29) is 12.0 Å². The number of ether oxygens (including phenoxy) is 1. The second-order valence-electron chi connectivity index (χ2n) is 3.63. The monoisotopic (exact) mass is 363 g/mol. The maximum atomic E-state index is 11.8. The Labute approximate surface area is 118 Å². The van der Waals surface area contributed by atoms with E-state index in [4.69, 9.17) is 4.74 Å². The molecule has 3 nitrogen and oxygen atoms in total. The van der Waals surface area contributed by atoms with Crippen molar-refractivity contribution in [3.63, 3.8) is 0 Å². The smallest absolute Gasteiger partial charge is 0.251 e. The van der Waals surface area contributed by atoms with E-state index in [1.807, 2.05) is 19.9 Å². The van der Waals surface area contributed by atoms with Crippen molar-refractivity contribution in [2.75, 3.05) is 13.2 Å². The number of carbonyl (C=O) groups is 1. The normalized spacial score (nSPS) is 12.2. The summed E-state index contributed by atoms with van der Waals surface area (Å²) in [6.45, 7) is 5.03. The quantitative estimate of drug-likeness (QED) is 0.869. The zero-order chi connectivity index (χ0) is 12.8. The average molecular weight is 365 g/mol. The van der Waals surface area contributed by atoms with Crippen LogP contribution in [0.1, 0.15) is 24.2 Å². The van der Waals surface area contributed by atoms with Crippen LogP contribution in [-0.4, -0.2) is 25.2 Å². The van der Waals surface area contributed by atoms with Crippen LogP contribution in [0.5, 0.6) is 0 Å². The summed E-state index contributed by atoms with van der Waals surface area (Å²) in [6.07, 6.45) is 0.0274. The highest BCUT2D eigenvalue weighted by molar-refractivity contribution is 9.11. The molecule has 1 atom stereocenters.